The van der Waals surface area contributed by atoms with E-state index in [0.717, 1.165) is 40.6 Å². The van der Waals surface area contributed by atoms with Crippen molar-refractivity contribution in [1.29, 1.82) is 0 Å². The van der Waals surface area contributed by atoms with Gasteiger partial charge in [0.25, 0.3) is 0 Å². The number of benzene rings is 2. The van der Waals surface area contributed by atoms with Crippen LogP contribution in [0.15, 0.2) is 55.0 Å². The zero-order valence-electron chi connectivity index (χ0n) is 24.2. The number of ether oxygens (including phenoxy) is 1. The summed E-state index contributed by atoms with van der Waals surface area (Å²) >= 11 is 1.62. The van der Waals surface area contributed by atoms with E-state index in [4.69, 9.17) is 4.74 Å². The van der Waals surface area contributed by atoms with Gasteiger partial charge < -0.3 is 19.9 Å². The van der Waals surface area contributed by atoms with Crippen LogP contribution >= 0.6 is 11.8 Å². The van der Waals surface area contributed by atoms with Gasteiger partial charge in [-0.2, -0.15) is 11.8 Å². The fourth-order valence-corrected chi connectivity index (χ4v) is 5.87. The van der Waals surface area contributed by atoms with E-state index in [1.165, 1.54) is 0 Å². The summed E-state index contributed by atoms with van der Waals surface area (Å²) in [5, 5.41) is 5.21. The Morgan fingerprint density at radius 1 is 1.20 bits per heavy atom. The molecule has 1 aliphatic rings. The van der Waals surface area contributed by atoms with Crippen molar-refractivity contribution in [2.75, 3.05) is 31.6 Å². The van der Waals surface area contributed by atoms with E-state index in [-0.39, 0.29) is 36.9 Å². The minimum Gasteiger partial charge on any atom is -0.461 e. The molecule has 1 fully saturated rings. The summed E-state index contributed by atoms with van der Waals surface area (Å²) in [7, 11) is 0. The highest BCUT2D eigenvalue weighted by Gasteiger charge is 2.31. The normalized spacial score (nSPS) is 15.9. The first-order valence-electron chi connectivity index (χ1n) is 14.3. The first kappa shape index (κ1) is 30.6. The molecule has 2 atom stereocenters. The minimum absolute atomic E-state index is 0.0117. The summed E-state index contributed by atoms with van der Waals surface area (Å²) in [5.41, 5.74) is 1.83. The second-order valence-corrected chi connectivity index (χ2v) is 11.8. The standard InChI is InChI=1S/C31H41N5O4S/c1-22(2)40-31(39)28(13-15-41-3)34-29(37)20-35(18-24-10-6-9-23-8-4-5-12-27(23)24)19-26-11-7-14-36(26)30(38)16-25-17-32-21-33-25/h4-6,8-10,12,17,21-22,26,28H,7,11,13-16,18-20H2,1-3H3,(H,32,33)(H,34,37)/t26-,28-/m0/s1. The molecular formula is C31H41N5O4S. The monoisotopic (exact) mass is 579 g/mol. The third-order valence-corrected chi connectivity index (χ3v) is 7.92. The van der Waals surface area contributed by atoms with Gasteiger partial charge >= 0.3 is 5.97 Å². The van der Waals surface area contributed by atoms with Crippen LogP contribution in [0.2, 0.25) is 0 Å². The third kappa shape index (κ3) is 8.81. The van der Waals surface area contributed by atoms with Gasteiger partial charge in [-0.25, -0.2) is 9.78 Å². The van der Waals surface area contributed by atoms with Crippen LogP contribution in [-0.2, 0) is 32.1 Å². The minimum atomic E-state index is -0.699. The summed E-state index contributed by atoms with van der Waals surface area (Å²) in [5.74, 6) is 0.133. The Bertz CT molecular complexity index is 1290. The number of carbonyl (C=O) groups is 3. The third-order valence-electron chi connectivity index (χ3n) is 7.28. The number of nitrogens with zero attached hydrogens (tertiary/aromatic N) is 3. The SMILES string of the molecule is CSCC[C@H](NC(=O)CN(Cc1cccc2ccccc12)C[C@@H]1CCCN1C(=O)Cc1c[nH]cn1)C(=O)OC(C)C. The Kier molecular flexibility index (Phi) is 11.2. The maximum absolute atomic E-state index is 13.4. The quantitative estimate of drug-likeness (QED) is 0.280. The predicted octanol–water partition coefficient (Wildman–Crippen LogP) is 3.79. The molecule has 41 heavy (non-hydrogen) atoms. The number of nitrogens with one attached hydrogen (secondary N) is 2. The Balaban J connectivity index is 1.51. The van der Waals surface area contributed by atoms with Crippen LogP contribution in [0.5, 0.6) is 0 Å². The van der Waals surface area contributed by atoms with Gasteiger partial charge in [0.2, 0.25) is 11.8 Å². The van der Waals surface area contributed by atoms with Gasteiger partial charge in [-0.15, -0.1) is 0 Å². The average Bonchev–Trinajstić information content (AvgIpc) is 3.63. The van der Waals surface area contributed by atoms with Crippen molar-refractivity contribution >= 4 is 40.3 Å². The molecule has 10 heteroatoms. The number of likely N-dealkylation sites (tertiary alicyclic amines) is 1. The van der Waals surface area contributed by atoms with E-state index >= 15 is 0 Å². The summed E-state index contributed by atoms with van der Waals surface area (Å²) in [4.78, 5) is 50.5. The lowest BCUT2D eigenvalue weighted by Crippen LogP contribution is -2.49. The van der Waals surface area contributed by atoms with Crippen molar-refractivity contribution in [3.05, 3.63) is 66.2 Å². The summed E-state index contributed by atoms with van der Waals surface area (Å²) in [6.07, 6.45) is 7.58. The predicted molar refractivity (Wildman–Crippen MR) is 162 cm³/mol. The molecule has 2 amide bonds. The fraction of sp³-hybridized carbons (Fsp3) is 0.484. The molecule has 0 bridgehead atoms. The number of imidazole rings is 1. The molecule has 0 unspecified atom stereocenters. The highest BCUT2D eigenvalue weighted by atomic mass is 32.2. The number of thioether (sulfide) groups is 1. The van der Waals surface area contributed by atoms with E-state index in [9.17, 15) is 14.4 Å². The van der Waals surface area contributed by atoms with E-state index in [1.54, 1.807) is 38.1 Å². The van der Waals surface area contributed by atoms with Crippen LogP contribution < -0.4 is 5.32 Å². The first-order chi connectivity index (χ1) is 19.8. The van der Waals surface area contributed by atoms with Gasteiger partial charge in [-0.3, -0.25) is 14.5 Å². The number of amides is 2. The van der Waals surface area contributed by atoms with E-state index in [2.05, 4.69) is 44.5 Å². The van der Waals surface area contributed by atoms with Gasteiger partial charge in [0, 0.05) is 31.9 Å². The molecule has 2 heterocycles. The van der Waals surface area contributed by atoms with Crippen LogP contribution in [0, 0.1) is 0 Å². The van der Waals surface area contributed by atoms with E-state index in [0.29, 0.717) is 26.1 Å². The Morgan fingerprint density at radius 2 is 2.00 bits per heavy atom. The van der Waals surface area contributed by atoms with Crippen LogP contribution in [-0.4, -0.2) is 87.4 Å². The summed E-state index contributed by atoms with van der Waals surface area (Å²) in [6.45, 7) is 5.50. The van der Waals surface area contributed by atoms with Crippen molar-refractivity contribution in [3.8, 4) is 0 Å². The van der Waals surface area contributed by atoms with Gasteiger partial charge in [-0.1, -0.05) is 42.5 Å². The lowest BCUT2D eigenvalue weighted by molar-refractivity contribution is -0.151. The molecule has 1 aromatic heterocycles. The molecule has 1 aliphatic heterocycles. The maximum Gasteiger partial charge on any atom is 0.328 e. The zero-order chi connectivity index (χ0) is 29.2. The van der Waals surface area contributed by atoms with Crippen LogP contribution in [0.1, 0.15) is 44.4 Å². The molecule has 2 aromatic carbocycles. The molecule has 0 aliphatic carbocycles. The number of aromatic nitrogens is 2. The van der Waals surface area contributed by atoms with E-state index < -0.39 is 12.0 Å². The molecule has 1 saturated heterocycles. The van der Waals surface area contributed by atoms with Crippen LogP contribution in [0.4, 0.5) is 0 Å². The number of aromatic amines is 1. The van der Waals surface area contributed by atoms with Gasteiger partial charge in [-0.05, 0) is 61.5 Å². The molecule has 2 N–H and O–H groups in total. The molecule has 220 valence electrons. The Hall–Kier alpha value is -3.37. The smallest absolute Gasteiger partial charge is 0.328 e. The number of esters is 1. The summed E-state index contributed by atoms with van der Waals surface area (Å²) in [6, 6.07) is 13.7. The zero-order valence-corrected chi connectivity index (χ0v) is 25.0. The largest absolute Gasteiger partial charge is 0.461 e. The second-order valence-electron chi connectivity index (χ2n) is 10.8. The Labute approximate surface area is 246 Å². The van der Waals surface area contributed by atoms with Gasteiger partial charge in [0.1, 0.15) is 6.04 Å². The van der Waals surface area contributed by atoms with E-state index in [1.807, 2.05) is 29.4 Å². The van der Waals surface area contributed by atoms with Crippen LogP contribution in [0.3, 0.4) is 0 Å². The summed E-state index contributed by atoms with van der Waals surface area (Å²) < 4.78 is 5.42. The lowest BCUT2D eigenvalue weighted by atomic mass is 10.0. The van der Waals surface area contributed by atoms with Crippen molar-refractivity contribution in [1.82, 2.24) is 25.1 Å². The number of fused-ring (bicyclic) bond motifs is 1. The van der Waals surface area contributed by atoms with Crippen molar-refractivity contribution < 1.29 is 19.1 Å². The number of rotatable bonds is 14. The van der Waals surface area contributed by atoms with Crippen LogP contribution in [0.25, 0.3) is 10.8 Å². The van der Waals surface area contributed by atoms with Gasteiger partial charge in [0.05, 0.1) is 31.1 Å². The second kappa shape index (κ2) is 15.0. The number of H-pyrrole nitrogens is 1. The number of carbonyl (C=O) groups excluding carboxylic acids is 3. The highest BCUT2D eigenvalue weighted by molar-refractivity contribution is 7.98. The van der Waals surface area contributed by atoms with Crippen molar-refractivity contribution in [3.63, 3.8) is 0 Å². The van der Waals surface area contributed by atoms with Gasteiger partial charge in [0.15, 0.2) is 0 Å². The highest BCUT2D eigenvalue weighted by Crippen LogP contribution is 2.23. The van der Waals surface area contributed by atoms with Crippen molar-refractivity contribution in [2.24, 2.45) is 0 Å². The fourth-order valence-electron chi connectivity index (χ4n) is 5.39. The maximum atomic E-state index is 13.4. The number of hydrogen-bond acceptors (Lipinski definition) is 7. The molecular weight excluding hydrogens is 538 g/mol. The topological polar surface area (TPSA) is 108 Å². The molecule has 4 rings (SSSR count). The molecule has 3 aromatic rings. The molecule has 9 nitrogen and oxygen atoms in total. The van der Waals surface area contributed by atoms with Crippen molar-refractivity contribution in [2.45, 2.75) is 64.3 Å². The Morgan fingerprint density at radius 3 is 2.76 bits per heavy atom. The lowest BCUT2D eigenvalue weighted by Gasteiger charge is -2.31. The molecule has 0 spiro atoms. The molecule has 0 radical (unpaired) electrons. The first-order valence-corrected chi connectivity index (χ1v) is 15.7. The average molecular weight is 580 g/mol. The number of hydrogen-bond donors (Lipinski definition) is 2. The molecule has 0 saturated carbocycles.